The van der Waals surface area contributed by atoms with Crippen LogP contribution in [0.15, 0.2) is 0 Å². The highest BCUT2D eigenvalue weighted by molar-refractivity contribution is 5.85. The van der Waals surface area contributed by atoms with Gasteiger partial charge in [-0.1, -0.05) is 26.7 Å². The standard InChI is InChI=1S/C15H29N3O2.ClH/c1-3-15(4-2,12-16)17-13(19)11-18-10-8-6-5-7-9-14(18)20;/h3-12,16H2,1-2H3,(H,17,19);1H. The molecule has 5 nitrogen and oxygen atoms in total. The Labute approximate surface area is 134 Å². The van der Waals surface area contributed by atoms with E-state index in [1.54, 1.807) is 4.90 Å². The highest BCUT2D eigenvalue weighted by Gasteiger charge is 2.27. The zero-order valence-corrected chi connectivity index (χ0v) is 14.1. The number of nitrogens with zero attached hydrogens (tertiary/aromatic N) is 1. The van der Waals surface area contributed by atoms with Crippen LogP contribution < -0.4 is 11.1 Å². The first-order valence-corrected chi connectivity index (χ1v) is 7.85. The molecular formula is C15H30ClN3O2. The number of carbonyl (C=O) groups excluding carboxylic acids is 2. The van der Waals surface area contributed by atoms with E-state index in [2.05, 4.69) is 5.32 Å². The summed E-state index contributed by atoms with van der Waals surface area (Å²) in [5, 5.41) is 3.03. The lowest BCUT2D eigenvalue weighted by Crippen LogP contribution is -2.55. The summed E-state index contributed by atoms with van der Waals surface area (Å²) in [6.07, 6.45) is 6.36. The van der Waals surface area contributed by atoms with Crippen molar-refractivity contribution in [2.45, 2.75) is 64.3 Å². The molecule has 1 heterocycles. The smallest absolute Gasteiger partial charge is 0.240 e. The quantitative estimate of drug-likeness (QED) is 0.784. The van der Waals surface area contributed by atoms with Crippen LogP contribution in [0.3, 0.4) is 0 Å². The number of hydrogen-bond acceptors (Lipinski definition) is 3. The Balaban J connectivity index is 0.00000400. The van der Waals surface area contributed by atoms with Crippen molar-refractivity contribution >= 4 is 24.2 Å². The molecule has 1 saturated heterocycles. The number of nitrogens with two attached hydrogens (primary N) is 1. The maximum absolute atomic E-state index is 12.2. The van der Waals surface area contributed by atoms with Crippen LogP contribution in [0, 0.1) is 0 Å². The van der Waals surface area contributed by atoms with Crippen molar-refractivity contribution in [2.24, 2.45) is 5.73 Å². The second-order valence-corrected chi connectivity index (χ2v) is 5.72. The lowest BCUT2D eigenvalue weighted by molar-refractivity contribution is -0.137. The second kappa shape index (κ2) is 10.0. The summed E-state index contributed by atoms with van der Waals surface area (Å²) in [6.45, 7) is 5.34. The van der Waals surface area contributed by atoms with Gasteiger partial charge in [0.15, 0.2) is 0 Å². The van der Waals surface area contributed by atoms with E-state index in [0.717, 1.165) is 38.5 Å². The van der Waals surface area contributed by atoms with Crippen LogP contribution >= 0.6 is 12.4 Å². The second-order valence-electron chi connectivity index (χ2n) is 5.72. The van der Waals surface area contributed by atoms with Crippen molar-refractivity contribution in [1.82, 2.24) is 10.2 Å². The first-order chi connectivity index (χ1) is 9.56. The topological polar surface area (TPSA) is 75.4 Å². The van der Waals surface area contributed by atoms with E-state index in [1.807, 2.05) is 13.8 Å². The lowest BCUT2D eigenvalue weighted by Gasteiger charge is -2.33. The van der Waals surface area contributed by atoms with E-state index in [9.17, 15) is 9.59 Å². The van der Waals surface area contributed by atoms with E-state index in [0.29, 0.717) is 19.5 Å². The number of likely N-dealkylation sites (tertiary alicyclic amines) is 1. The minimum absolute atomic E-state index is 0. The minimum Gasteiger partial charge on any atom is -0.348 e. The predicted octanol–water partition coefficient (Wildman–Crippen LogP) is 1.83. The molecule has 0 aromatic rings. The van der Waals surface area contributed by atoms with Gasteiger partial charge in [-0.2, -0.15) is 0 Å². The Kier molecular flexibility index (Phi) is 9.62. The molecule has 2 amide bonds. The lowest BCUT2D eigenvalue weighted by atomic mass is 9.93. The molecule has 124 valence electrons. The predicted molar refractivity (Wildman–Crippen MR) is 87.4 cm³/mol. The van der Waals surface area contributed by atoms with Crippen LogP contribution in [-0.4, -0.2) is 41.9 Å². The van der Waals surface area contributed by atoms with Crippen LogP contribution in [0.4, 0.5) is 0 Å². The van der Waals surface area contributed by atoms with Gasteiger partial charge in [-0.15, -0.1) is 12.4 Å². The highest BCUT2D eigenvalue weighted by atomic mass is 35.5. The van der Waals surface area contributed by atoms with E-state index < -0.39 is 0 Å². The number of carbonyl (C=O) groups is 2. The van der Waals surface area contributed by atoms with Crippen LogP contribution in [0.25, 0.3) is 0 Å². The van der Waals surface area contributed by atoms with Gasteiger partial charge in [-0.25, -0.2) is 0 Å². The zero-order valence-electron chi connectivity index (χ0n) is 13.3. The Morgan fingerprint density at radius 2 is 1.86 bits per heavy atom. The molecule has 1 fully saturated rings. The fourth-order valence-electron chi connectivity index (χ4n) is 2.66. The van der Waals surface area contributed by atoms with E-state index in [1.165, 1.54) is 0 Å². The molecule has 0 saturated carbocycles. The minimum atomic E-state index is -0.330. The van der Waals surface area contributed by atoms with Gasteiger partial charge in [0, 0.05) is 19.5 Å². The molecule has 0 aliphatic carbocycles. The first-order valence-electron chi connectivity index (χ1n) is 7.85. The molecule has 6 heteroatoms. The summed E-state index contributed by atoms with van der Waals surface area (Å²) in [6, 6.07) is 0. The van der Waals surface area contributed by atoms with Crippen molar-refractivity contribution in [3.05, 3.63) is 0 Å². The van der Waals surface area contributed by atoms with E-state index >= 15 is 0 Å². The molecule has 21 heavy (non-hydrogen) atoms. The Hall–Kier alpha value is -0.810. The molecule has 0 bridgehead atoms. The molecule has 3 N–H and O–H groups in total. The number of nitrogens with one attached hydrogen (secondary N) is 1. The Bertz CT molecular complexity index is 325. The van der Waals surface area contributed by atoms with Gasteiger partial charge in [0.25, 0.3) is 0 Å². The number of hydrogen-bond donors (Lipinski definition) is 2. The normalized spacial score (nSPS) is 16.7. The third-order valence-electron chi connectivity index (χ3n) is 4.40. The van der Waals surface area contributed by atoms with Gasteiger partial charge in [0.1, 0.15) is 0 Å². The molecule has 0 unspecified atom stereocenters. The first kappa shape index (κ1) is 20.2. The molecular weight excluding hydrogens is 290 g/mol. The van der Waals surface area contributed by atoms with Crippen molar-refractivity contribution in [3.63, 3.8) is 0 Å². The summed E-state index contributed by atoms with van der Waals surface area (Å²) < 4.78 is 0. The molecule has 0 atom stereocenters. The molecule has 1 aliphatic heterocycles. The molecule has 1 aliphatic rings. The molecule has 0 spiro atoms. The van der Waals surface area contributed by atoms with Crippen LogP contribution in [0.1, 0.15) is 58.8 Å². The summed E-state index contributed by atoms with van der Waals surface area (Å²) >= 11 is 0. The fourth-order valence-corrected chi connectivity index (χ4v) is 2.66. The highest BCUT2D eigenvalue weighted by Crippen LogP contribution is 2.14. The summed E-state index contributed by atoms with van der Waals surface area (Å²) in [5.74, 6) is 0.0132. The summed E-state index contributed by atoms with van der Waals surface area (Å²) in [5.41, 5.74) is 5.46. The van der Waals surface area contributed by atoms with Gasteiger partial charge >= 0.3 is 0 Å². The van der Waals surface area contributed by atoms with Gasteiger partial charge in [-0.05, 0) is 25.7 Å². The number of halogens is 1. The van der Waals surface area contributed by atoms with Gasteiger partial charge < -0.3 is 16.0 Å². The molecule has 0 aromatic carbocycles. The maximum Gasteiger partial charge on any atom is 0.240 e. The number of rotatable bonds is 6. The third-order valence-corrected chi connectivity index (χ3v) is 4.40. The molecule has 0 aromatic heterocycles. The van der Waals surface area contributed by atoms with Crippen LogP contribution in [0.2, 0.25) is 0 Å². The third kappa shape index (κ3) is 6.22. The van der Waals surface area contributed by atoms with Crippen molar-refractivity contribution in [3.8, 4) is 0 Å². The SMILES string of the molecule is CCC(CC)(CN)NC(=O)CN1CCCCCCC1=O.Cl. The maximum atomic E-state index is 12.2. The number of amides is 2. The average molecular weight is 320 g/mol. The van der Waals surface area contributed by atoms with Gasteiger partial charge in [-0.3, -0.25) is 9.59 Å². The summed E-state index contributed by atoms with van der Waals surface area (Å²) in [4.78, 5) is 25.9. The van der Waals surface area contributed by atoms with E-state index in [4.69, 9.17) is 5.73 Å². The van der Waals surface area contributed by atoms with Crippen molar-refractivity contribution < 1.29 is 9.59 Å². The Morgan fingerprint density at radius 1 is 1.24 bits per heavy atom. The van der Waals surface area contributed by atoms with Crippen LogP contribution in [-0.2, 0) is 9.59 Å². The molecule has 0 radical (unpaired) electrons. The van der Waals surface area contributed by atoms with Gasteiger partial charge in [0.05, 0.1) is 12.1 Å². The largest absolute Gasteiger partial charge is 0.348 e. The van der Waals surface area contributed by atoms with Crippen molar-refractivity contribution in [1.29, 1.82) is 0 Å². The molecule has 1 rings (SSSR count). The fraction of sp³-hybridized carbons (Fsp3) is 0.867. The van der Waals surface area contributed by atoms with Gasteiger partial charge in [0.2, 0.25) is 11.8 Å². The van der Waals surface area contributed by atoms with Crippen LogP contribution in [0.5, 0.6) is 0 Å². The van der Waals surface area contributed by atoms with Crippen molar-refractivity contribution in [2.75, 3.05) is 19.6 Å². The summed E-state index contributed by atoms with van der Waals surface area (Å²) in [7, 11) is 0. The Morgan fingerprint density at radius 3 is 2.43 bits per heavy atom. The van der Waals surface area contributed by atoms with E-state index in [-0.39, 0.29) is 36.3 Å². The average Bonchev–Trinajstić information content (AvgIpc) is 2.45. The monoisotopic (exact) mass is 319 g/mol. The zero-order chi connectivity index (χ0) is 15.0.